The van der Waals surface area contributed by atoms with E-state index < -0.39 is 0 Å². The highest BCUT2D eigenvalue weighted by Gasteiger charge is 2.11. The van der Waals surface area contributed by atoms with Crippen LogP contribution >= 0.6 is 0 Å². The topological polar surface area (TPSA) is 54.5 Å². The minimum absolute atomic E-state index is 0.260. The Hall–Kier alpha value is -2.49. The number of hydrogen-bond donors (Lipinski definition) is 1. The normalized spacial score (nSPS) is 12.2. The molecule has 0 aliphatic heterocycles. The molecule has 4 nitrogen and oxygen atoms in total. The van der Waals surface area contributed by atoms with Gasteiger partial charge in [0.25, 0.3) is 0 Å². The van der Waals surface area contributed by atoms with Crippen LogP contribution in [0.5, 0.6) is 0 Å². The summed E-state index contributed by atoms with van der Waals surface area (Å²) in [6, 6.07) is 19.0. The van der Waals surface area contributed by atoms with Gasteiger partial charge in [0.1, 0.15) is 0 Å². The molecule has 0 spiro atoms. The van der Waals surface area contributed by atoms with Crippen LogP contribution < -0.4 is 0 Å². The largest absolute Gasteiger partial charge is 0.177 e. The summed E-state index contributed by atoms with van der Waals surface area (Å²) in [6.45, 7) is 2.11. The first-order valence-electron chi connectivity index (χ1n) is 6.70. The van der Waals surface area contributed by atoms with Gasteiger partial charge in [-0.15, -0.1) is 10.2 Å². The summed E-state index contributed by atoms with van der Waals surface area (Å²) in [5.74, 6) is 1.02. The van der Waals surface area contributed by atoms with Gasteiger partial charge in [-0.25, -0.2) is 0 Å². The Labute approximate surface area is 117 Å². The minimum Gasteiger partial charge on any atom is -0.177 e. The highest BCUT2D eigenvalue weighted by molar-refractivity contribution is 5.63. The van der Waals surface area contributed by atoms with Crippen LogP contribution in [-0.4, -0.2) is 20.6 Å². The first kappa shape index (κ1) is 12.5. The Balaban J connectivity index is 1.74. The Morgan fingerprint density at radius 1 is 0.950 bits per heavy atom. The summed E-state index contributed by atoms with van der Waals surface area (Å²) in [4.78, 5) is 0. The van der Waals surface area contributed by atoms with Crippen molar-refractivity contribution in [3.05, 3.63) is 66.0 Å². The molecule has 0 aliphatic carbocycles. The molecule has 1 heterocycles. The maximum absolute atomic E-state index is 4.03. The third-order valence-electron chi connectivity index (χ3n) is 3.41. The zero-order chi connectivity index (χ0) is 13.8. The molecule has 100 valence electrons. The number of aromatic amines is 1. The fourth-order valence-corrected chi connectivity index (χ4v) is 2.29. The number of aromatic nitrogens is 4. The van der Waals surface area contributed by atoms with E-state index >= 15 is 0 Å². The number of nitrogens with zero attached hydrogens (tertiary/aromatic N) is 3. The monoisotopic (exact) mass is 264 g/mol. The highest BCUT2D eigenvalue weighted by atomic mass is 15.5. The molecule has 20 heavy (non-hydrogen) atoms. The van der Waals surface area contributed by atoms with Crippen LogP contribution in [0.15, 0.2) is 54.6 Å². The van der Waals surface area contributed by atoms with Crippen molar-refractivity contribution in [3.8, 4) is 11.1 Å². The number of tetrazole rings is 1. The van der Waals surface area contributed by atoms with E-state index in [2.05, 4.69) is 76.1 Å². The van der Waals surface area contributed by atoms with Crippen LogP contribution in [-0.2, 0) is 6.42 Å². The summed E-state index contributed by atoms with van der Waals surface area (Å²) in [6.07, 6.45) is 0.911. The molecule has 1 aromatic heterocycles. The molecule has 1 N–H and O–H groups in total. The van der Waals surface area contributed by atoms with E-state index in [9.17, 15) is 0 Å². The van der Waals surface area contributed by atoms with E-state index in [0.717, 1.165) is 12.2 Å². The Morgan fingerprint density at radius 2 is 1.65 bits per heavy atom. The minimum atomic E-state index is 0.260. The second kappa shape index (κ2) is 5.65. The van der Waals surface area contributed by atoms with Crippen LogP contribution in [0.25, 0.3) is 11.1 Å². The maximum atomic E-state index is 4.03. The van der Waals surface area contributed by atoms with E-state index in [1.165, 1.54) is 16.7 Å². The van der Waals surface area contributed by atoms with Crippen molar-refractivity contribution in [2.75, 3.05) is 0 Å². The Bertz CT molecular complexity index is 645. The van der Waals surface area contributed by atoms with Crippen LogP contribution in [0.4, 0.5) is 0 Å². The first-order chi connectivity index (χ1) is 9.83. The predicted molar refractivity (Wildman–Crippen MR) is 78.2 cm³/mol. The summed E-state index contributed by atoms with van der Waals surface area (Å²) < 4.78 is 0. The smallest absolute Gasteiger partial charge is 0.177 e. The van der Waals surface area contributed by atoms with Crippen molar-refractivity contribution in [1.82, 2.24) is 20.6 Å². The summed E-state index contributed by atoms with van der Waals surface area (Å²) in [5, 5.41) is 14.2. The number of benzene rings is 2. The average Bonchev–Trinajstić information content (AvgIpc) is 3.03. The summed E-state index contributed by atoms with van der Waals surface area (Å²) >= 11 is 0. The van der Waals surface area contributed by atoms with Gasteiger partial charge in [-0.3, -0.25) is 0 Å². The molecule has 0 aliphatic rings. The van der Waals surface area contributed by atoms with E-state index in [4.69, 9.17) is 0 Å². The Kier molecular flexibility index (Phi) is 3.54. The van der Waals surface area contributed by atoms with Gasteiger partial charge >= 0.3 is 0 Å². The number of nitrogens with one attached hydrogen (secondary N) is 1. The molecule has 2 aromatic carbocycles. The van der Waals surface area contributed by atoms with Gasteiger partial charge in [0.05, 0.1) is 0 Å². The van der Waals surface area contributed by atoms with Crippen molar-refractivity contribution in [2.24, 2.45) is 0 Å². The zero-order valence-electron chi connectivity index (χ0n) is 11.3. The molecule has 0 saturated heterocycles. The average molecular weight is 264 g/mol. The fourth-order valence-electron chi connectivity index (χ4n) is 2.29. The fraction of sp³-hybridized carbons (Fsp3) is 0.188. The molecule has 0 radical (unpaired) electrons. The zero-order valence-corrected chi connectivity index (χ0v) is 11.3. The van der Waals surface area contributed by atoms with Gasteiger partial charge in [0.2, 0.25) is 0 Å². The van der Waals surface area contributed by atoms with Crippen LogP contribution in [0, 0.1) is 0 Å². The van der Waals surface area contributed by atoms with Crippen molar-refractivity contribution in [3.63, 3.8) is 0 Å². The molecule has 3 rings (SSSR count). The lowest BCUT2D eigenvalue weighted by Crippen LogP contribution is -2.00. The molecule has 4 heteroatoms. The van der Waals surface area contributed by atoms with Gasteiger partial charge in [-0.05, 0) is 23.1 Å². The second-order valence-electron chi connectivity index (χ2n) is 4.94. The number of hydrogen-bond acceptors (Lipinski definition) is 3. The molecule has 0 fully saturated rings. The second-order valence-corrected chi connectivity index (χ2v) is 4.94. The van der Waals surface area contributed by atoms with Crippen LogP contribution in [0.2, 0.25) is 0 Å². The summed E-state index contributed by atoms with van der Waals surface area (Å²) in [5.41, 5.74) is 3.76. The quantitative estimate of drug-likeness (QED) is 0.787. The SMILES string of the molecule is C[C@@H](Cc1ccc(-c2ccccc2)cc1)c1nn[nH]n1. The summed E-state index contributed by atoms with van der Waals surface area (Å²) in [7, 11) is 0. The molecule has 3 aromatic rings. The number of rotatable bonds is 4. The van der Waals surface area contributed by atoms with Crippen molar-refractivity contribution in [1.29, 1.82) is 0 Å². The van der Waals surface area contributed by atoms with Crippen LogP contribution in [0.1, 0.15) is 24.2 Å². The predicted octanol–water partition coefficient (Wildman–Crippen LogP) is 3.21. The third-order valence-corrected chi connectivity index (χ3v) is 3.41. The molecule has 1 atom stereocenters. The van der Waals surface area contributed by atoms with Gasteiger partial charge in [0.15, 0.2) is 5.82 Å². The standard InChI is InChI=1S/C16H16N4/c1-12(16-17-19-20-18-16)11-13-7-9-15(10-8-13)14-5-3-2-4-6-14/h2-10,12H,11H2,1H3,(H,17,18,19,20)/t12-/m0/s1. The maximum Gasteiger partial charge on any atom is 0.177 e. The van der Waals surface area contributed by atoms with E-state index in [1.807, 2.05) is 6.07 Å². The Morgan fingerprint density at radius 3 is 2.30 bits per heavy atom. The van der Waals surface area contributed by atoms with Gasteiger partial charge in [-0.1, -0.05) is 66.7 Å². The first-order valence-corrected chi connectivity index (χ1v) is 6.70. The van der Waals surface area contributed by atoms with E-state index in [0.29, 0.717) is 0 Å². The molecule has 0 saturated carbocycles. The van der Waals surface area contributed by atoms with Crippen molar-refractivity contribution >= 4 is 0 Å². The lowest BCUT2D eigenvalue weighted by molar-refractivity contribution is 0.700. The lowest BCUT2D eigenvalue weighted by Gasteiger charge is -2.08. The van der Waals surface area contributed by atoms with Gasteiger partial charge in [0, 0.05) is 5.92 Å². The van der Waals surface area contributed by atoms with Gasteiger partial charge in [-0.2, -0.15) is 5.21 Å². The molecular weight excluding hydrogens is 248 g/mol. The molecule has 0 bridgehead atoms. The molecule has 0 unspecified atom stereocenters. The molecular formula is C16H16N4. The van der Waals surface area contributed by atoms with Gasteiger partial charge < -0.3 is 0 Å². The van der Waals surface area contributed by atoms with E-state index in [1.54, 1.807) is 0 Å². The lowest BCUT2D eigenvalue weighted by atomic mass is 9.98. The van der Waals surface area contributed by atoms with Crippen molar-refractivity contribution < 1.29 is 0 Å². The van der Waals surface area contributed by atoms with Crippen molar-refractivity contribution in [2.45, 2.75) is 19.3 Å². The third kappa shape index (κ3) is 2.74. The van der Waals surface area contributed by atoms with E-state index in [-0.39, 0.29) is 5.92 Å². The number of H-pyrrole nitrogens is 1. The highest BCUT2D eigenvalue weighted by Crippen LogP contribution is 2.21. The molecule has 0 amide bonds. The van der Waals surface area contributed by atoms with Crippen LogP contribution in [0.3, 0.4) is 0 Å².